The molecule has 3 heterocycles. The van der Waals surface area contributed by atoms with E-state index in [9.17, 15) is 9.59 Å². The number of carbonyl (C=O) groups is 2. The van der Waals surface area contributed by atoms with Gasteiger partial charge >= 0.3 is 0 Å². The monoisotopic (exact) mass is 318 g/mol. The fraction of sp³-hybridized carbons (Fsp3) is 0.667. The van der Waals surface area contributed by atoms with Gasteiger partial charge in [-0.1, -0.05) is 19.8 Å². The van der Waals surface area contributed by atoms with Gasteiger partial charge in [0.25, 0.3) is 0 Å². The highest BCUT2D eigenvalue weighted by Crippen LogP contribution is 2.31. The number of amides is 2. The molecule has 1 atom stereocenters. The molecule has 1 aromatic heterocycles. The average Bonchev–Trinajstić information content (AvgIpc) is 3.07. The van der Waals surface area contributed by atoms with E-state index in [2.05, 4.69) is 24.0 Å². The van der Waals surface area contributed by atoms with Crippen molar-refractivity contribution >= 4 is 11.8 Å². The zero-order valence-electron chi connectivity index (χ0n) is 13.9. The van der Waals surface area contributed by atoms with Crippen LogP contribution in [0.4, 0.5) is 0 Å². The molecule has 2 amide bonds. The Morgan fingerprint density at radius 3 is 2.57 bits per heavy atom. The van der Waals surface area contributed by atoms with Crippen molar-refractivity contribution in [2.75, 3.05) is 19.6 Å². The number of hydrogen-bond donors (Lipinski definition) is 0. The van der Waals surface area contributed by atoms with Crippen LogP contribution >= 0.6 is 0 Å². The number of aryl methyl sites for hydroxylation is 1. The van der Waals surface area contributed by atoms with E-state index in [1.807, 2.05) is 0 Å². The topological polar surface area (TPSA) is 53.8 Å². The zero-order valence-corrected chi connectivity index (χ0v) is 13.9. The summed E-state index contributed by atoms with van der Waals surface area (Å²) in [6.07, 6.45) is 6.34. The number of nitrogens with zero attached hydrogens (tertiary/aromatic N) is 2. The molecule has 0 bridgehead atoms. The lowest BCUT2D eigenvalue weighted by Crippen LogP contribution is -2.39. The molecule has 3 rings (SSSR count). The van der Waals surface area contributed by atoms with Crippen LogP contribution in [0.25, 0.3) is 0 Å². The Hall–Kier alpha value is -1.62. The normalized spacial score (nSPS) is 23.5. The van der Waals surface area contributed by atoms with Gasteiger partial charge in [0.15, 0.2) is 0 Å². The van der Waals surface area contributed by atoms with Crippen LogP contribution in [-0.2, 0) is 16.0 Å². The third-order valence-corrected chi connectivity index (χ3v) is 4.99. The van der Waals surface area contributed by atoms with Gasteiger partial charge in [0.1, 0.15) is 11.5 Å². The highest BCUT2D eigenvalue weighted by Gasteiger charge is 2.31. The van der Waals surface area contributed by atoms with Gasteiger partial charge in [0.2, 0.25) is 11.8 Å². The van der Waals surface area contributed by atoms with Gasteiger partial charge in [0.05, 0.1) is 6.04 Å². The molecule has 0 N–H and O–H groups in total. The Balaban J connectivity index is 1.68. The molecule has 0 spiro atoms. The molecule has 2 fully saturated rings. The number of carbonyl (C=O) groups excluding carboxylic acids is 2. The molecule has 0 aromatic carbocycles. The molecule has 23 heavy (non-hydrogen) atoms. The maximum absolute atomic E-state index is 11.8. The molecule has 2 aliphatic rings. The lowest BCUT2D eigenvalue weighted by atomic mass is 10.1. The number of hydrogen-bond acceptors (Lipinski definition) is 4. The second-order valence-electron chi connectivity index (χ2n) is 6.50. The molecule has 2 aliphatic heterocycles. The highest BCUT2D eigenvalue weighted by atomic mass is 16.3. The average molecular weight is 318 g/mol. The van der Waals surface area contributed by atoms with Crippen molar-refractivity contribution in [2.24, 2.45) is 0 Å². The highest BCUT2D eigenvalue weighted by molar-refractivity contribution is 6.01. The van der Waals surface area contributed by atoms with Gasteiger partial charge in [-0.25, -0.2) is 0 Å². The van der Waals surface area contributed by atoms with E-state index in [4.69, 9.17) is 4.42 Å². The summed E-state index contributed by atoms with van der Waals surface area (Å²) < 4.78 is 5.98. The number of furan rings is 1. The van der Waals surface area contributed by atoms with Crippen molar-refractivity contribution in [1.82, 2.24) is 9.80 Å². The summed E-state index contributed by atoms with van der Waals surface area (Å²) in [6.45, 7) is 4.35. The second-order valence-corrected chi connectivity index (χ2v) is 6.50. The molecule has 5 nitrogen and oxygen atoms in total. The number of imide groups is 1. The first-order valence-electron chi connectivity index (χ1n) is 8.85. The summed E-state index contributed by atoms with van der Waals surface area (Å²) >= 11 is 0. The minimum Gasteiger partial charge on any atom is -0.464 e. The van der Waals surface area contributed by atoms with Crippen LogP contribution in [0.15, 0.2) is 16.5 Å². The minimum atomic E-state index is -0.0207. The second kappa shape index (κ2) is 7.30. The van der Waals surface area contributed by atoms with Crippen molar-refractivity contribution in [1.29, 1.82) is 0 Å². The molecular weight excluding hydrogens is 292 g/mol. The van der Waals surface area contributed by atoms with Gasteiger partial charge in [-0.05, 0) is 31.5 Å². The van der Waals surface area contributed by atoms with Crippen molar-refractivity contribution in [3.05, 3.63) is 23.7 Å². The molecule has 0 saturated carbocycles. The maximum Gasteiger partial charge on any atom is 0.229 e. The number of likely N-dealkylation sites (tertiary alicyclic amines) is 2. The van der Waals surface area contributed by atoms with Crippen LogP contribution in [0.3, 0.4) is 0 Å². The summed E-state index contributed by atoms with van der Waals surface area (Å²) in [4.78, 5) is 27.4. The molecule has 2 saturated heterocycles. The Morgan fingerprint density at radius 1 is 1.09 bits per heavy atom. The standard InChI is InChI=1S/C18H26N2O3/c1-2-14-7-8-16(23-14)15-6-4-3-5-11-19(15)12-13-20-17(21)9-10-18(20)22/h7-8,15H,2-6,9-13H2,1H3. The van der Waals surface area contributed by atoms with E-state index in [1.54, 1.807) is 0 Å². The summed E-state index contributed by atoms with van der Waals surface area (Å²) in [6, 6.07) is 4.42. The van der Waals surface area contributed by atoms with Crippen LogP contribution in [0, 0.1) is 0 Å². The third-order valence-electron chi connectivity index (χ3n) is 4.99. The minimum absolute atomic E-state index is 0.0207. The van der Waals surface area contributed by atoms with Crippen LogP contribution in [-0.4, -0.2) is 41.2 Å². The van der Waals surface area contributed by atoms with Crippen LogP contribution in [0.2, 0.25) is 0 Å². The van der Waals surface area contributed by atoms with Gasteiger partial charge in [-0.3, -0.25) is 19.4 Å². The zero-order chi connectivity index (χ0) is 16.2. The fourth-order valence-corrected chi connectivity index (χ4v) is 3.62. The van der Waals surface area contributed by atoms with Gasteiger partial charge < -0.3 is 4.42 Å². The SMILES string of the molecule is CCc1ccc(C2CCCCCN2CCN2C(=O)CCC2=O)o1. The molecule has 0 aliphatic carbocycles. The van der Waals surface area contributed by atoms with Crippen LogP contribution < -0.4 is 0 Å². The van der Waals surface area contributed by atoms with E-state index in [0.717, 1.165) is 37.5 Å². The van der Waals surface area contributed by atoms with E-state index >= 15 is 0 Å². The largest absolute Gasteiger partial charge is 0.464 e. The Kier molecular flexibility index (Phi) is 5.16. The first-order chi connectivity index (χ1) is 11.2. The molecule has 126 valence electrons. The predicted octanol–water partition coefficient (Wildman–Crippen LogP) is 2.91. The van der Waals surface area contributed by atoms with Gasteiger partial charge in [-0.15, -0.1) is 0 Å². The molecule has 5 heteroatoms. The third kappa shape index (κ3) is 3.66. The summed E-state index contributed by atoms with van der Waals surface area (Å²) in [5.74, 6) is 2.01. The van der Waals surface area contributed by atoms with Crippen molar-refractivity contribution in [3.63, 3.8) is 0 Å². The van der Waals surface area contributed by atoms with Gasteiger partial charge in [0, 0.05) is 32.4 Å². The van der Waals surface area contributed by atoms with Crippen molar-refractivity contribution < 1.29 is 14.0 Å². The van der Waals surface area contributed by atoms with Gasteiger partial charge in [-0.2, -0.15) is 0 Å². The quantitative estimate of drug-likeness (QED) is 0.783. The van der Waals surface area contributed by atoms with E-state index < -0.39 is 0 Å². The lowest BCUT2D eigenvalue weighted by Gasteiger charge is -2.29. The summed E-state index contributed by atoms with van der Waals surface area (Å²) in [5, 5.41) is 0. The summed E-state index contributed by atoms with van der Waals surface area (Å²) in [7, 11) is 0. The van der Waals surface area contributed by atoms with Crippen LogP contribution in [0.5, 0.6) is 0 Å². The molecular formula is C18H26N2O3. The maximum atomic E-state index is 11.8. The predicted molar refractivity (Wildman–Crippen MR) is 86.8 cm³/mol. The Morgan fingerprint density at radius 2 is 1.87 bits per heavy atom. The van der Waals surface area contributed by atoms with Crippen LogP contribution in [0.1, 0.15) is 63.0 Å². The van der Waals surface area contributed by atoms with E-state index in [1.165, 1.54) is 24.2 Å². The van der Waals surface area contributed by atoms with E-state index in [-0.39, 0.29) is 17.9 Å². The van der Waals surface area contributed by atoms with E-state index in [0.29, 0.717) is 19.4 Å². The lowest BCUT2D eigenvalue weighted by molar-refractivity contribution is -0.138. The van der Waals surface area contributed by atoms with Crippen molar-refractivity contribution in [2.45, 2.75) is 57.9 Å². The Bertz CT molecular complexity index is 550. The Labute approximate surface area is 137 Å². The molecule has 1 aromatic rings. The van der Waals surface area contributed by atoms with Crippen molar-refractivity contribution in [3.8, 4) is 0 Å². The first-order valence-corrected chi connectivity index (χ1v) is 8.85. The fourth-order valence-electron chi connectivity index (χ4n) is 3.62. The number of rotatable bonds is 5. The smallest absolute Gasteiger partial charge is 0.229 e. The first kappa shape index (κ1) is 16.2. The summed E-state index contributed by atoms with van der Waals surface area (Å²) in [5.41, 5.74) is 0. The molecule has 1 unspecified atom stereocenters. The molecule has 0 radical (unpaired) electrons.